The van der Waals surface area contributed by atoms with Gasteiger partial charge in [-0.3, -0.25) is 9.59 Å². The Morgan fingerprint density at radius 1 is 1.17 bits per heavy atom. The van der Waals surface area contributed by atoms with Crippen molar-refractivity contribution in [1.29, 1.82) is 0 Å². The Labute approximate surface area is 144 Å². The molecule has 2 rings (SSSR count). The molecule has 1 amide bonds. The number of carbonyl (C=O) groups is 2. The lowest BCUT2D eigenvalue weighted by Crippen LogP contribution is -3.17. The number of aryl methyl sites for hydroxylation is 3. The van der Waals surface area contributed by atoms with Crippen molar-refractivity contribution in [1.82, 2.24) is 0 Å². The van der Waals surface area contributed by atoms with Crippen LogP contribution in [0, 0.1) is 26.7 Å². The average Bonchev–Trinajstić information content (AvgIpc) is 2.56. The highest BCUT2D eigenvalue weighted by molar-refractivity contribution is 5.95. The molecule has 1 atom stereocenters. The van der Waals surface area contributed by atoms with Gasteiger partial charge in [0.15, 0.2) is 6.04 Å². The number of methoxy groups -OCH3 is 1. The molecule has 0 aliphatic carbocycles. The van der Waals surface area contributed by atoms with Gasteiger partial charge in [0.1, 0.15) is 0 Å². The fourth-order valence-corrected chi connectivity index (χ4v) is 3.62. The van der Waals surface area contributed by atoms with Crippen LogP contribution in [0.3, 0.4) is 0 Å². The minimum atomic E-state index is -0.135. The first kappa shape index (κ1) is 18.5. The molecule has 2 N–H and O–H groups in total. The summed E-state index contributed by atoms with van der Waals surface area (Å²) in [6.45, 7) is 9.70. The predicted octanol–water partition coefficient (Wildman–Crippen LogP) is 1.41. The van der Waals surface area contributed by atoms with E-state index in [1.54, 1.807) is 0 Å². The zero-order valence-corrected chi connectivity index (χ0v) is 15.4. The molecule has 1 aliphatic rings. The highest BCUT2D eigenvalue weighted by Gasteiger charge is 2.33. The quantitative estimate of drug-likeness (QED) is 0.819. The molecular formula is C19H29N2O3+. The largest absolute Gasteiger partial charge is 0.469 e. The second-order valence-corrected chi connectivity index (χ2v) is 6.94. The van der Waals surface area contributed by atoms with Gasteiger partial charge < -0.3 is 15.0 Å². The molecule has 0 spiro atoms. The third-order valence-corrected chi connectivity index (χ3v) is 5.09. The molecule has 1 fully saturated rings. The van der Waals surface area contributed by atoms with E-state index >= 15 is 0 Å². The van der Waals surface area contributed by atoms with E-state index in [0.29, 0.717) is 0 Å². The van der Waals surface area contributed by atoms with Crippen molar-refractivity contribution < 1.29 is 19.2 Å². The van der Waals surface area contributed by atoms with Gasteiger partial charge in [-0.2, -0.15) is 0 Å². The molecule has 1 heterocycles. The fourth-order valence-electron chi connectivity index (χ4n) is 3.62. The van der Waals surface area contributed by atoms with Crippen LogP contribution in [-0.2, 0) is 14.3 Å². The molecule has 0 aromatic heterocycles. The zero-order chi connectivity index (χ0) is 17.9. The lowest BCUT2D eigenvalue weighted by Gasteiger charge is -2.31. The first-order valence-corrected chi connectivity index (χ1v) is 8.64. The van der Waals surface area contributed by atoms with Crippen molar-refractivity contribution >= 4 is 17.6 Å². The van der Waals surface area contributed by atoms with Gasteiger partial charge in [-0.1, -0.05) is 17.7 Å². The highest BCUT2D eigenvalue weighted by Crippen LogP contribution is 2.22. The van der Waals surface area contributed by atoms with Crippen molar-refractivity contribution in [2.45, 2.75) is 46.6 Å². The second-order valence-electron chi connectivity index (χ2n) is 6.94. The van der Waals surface area contributed by atoms with Gasteiger partial charge in [0.25, 0.3) is 5.91 Å². The Hall–Kier alpha value is -1.88. The SMILES string of the molecule is COC(=O)C1CC[NH+]([C@H](C)C(=O)Nc2c(C)cc(C)cc2C)CC1. The summed E-state index contributed by atoms with van der Waals surface area (Å²) in [5.74, 6) is -0.107. The summed E-state index contributed by atoms with van der Waals surface area (Å²) in [4.78, 5) is 25.5. The number of hydrogen-bond acceptors (Lipinski definition) is 3. The van der Waals surface area contributed by atoms with Gasteiger partial charge in [0, 0.05) is 18.5 Å². The van der Waals surface area contributed by atoms with Gasteiger partial charge in [-0.15, -0.1) is 0 Å². The van der Waals surface area contributed by atoms with Crippen LogP contribution in [0.2, 0.25) is 0 Å². The Morgan fingerprint density at radius 3 is 2.21 bits per heavy atom. The molecule has 1 aromatic carbocycles. The Bertz CT molecular complexity index is 596. The summed E-state index contributed by atoms with van der Waals surface area (Å²) < 4.78 is 4.82. The first-order chi connectivity index (χ1) is 11.3. The normalized spacial score (nSPS) is 21.9. The first-order valence-electron chi connectivity index (χ1n) is 8.64. The van der Waals surface area contributed by atoms with Crippen LogP contribution in [0.1, 0.15) is 36.5 Å². The lowest BCUT2D eigenvalue weighted by atomic mass is 9.96. The van der Waals surface area contributed by atoms with E-state index in [9.17, 15) is 9.59 Å². The Kier molecular flexibility index (Phi) is 5.99. The zero-order valence-electron chi connectivity index (χ0n) is 15.4. The number of rotatable bonds is 4. The number of hydrogen-bond donors (Lipinski definition) is 2. The van der Waals surface area contributed by atoms with Gasteiger partial charge in [0.2, 0.25) is 0 Å². The molecular weight excluding hydrogens is 304 g/mol. The molecule has 5 nitrogen and oxygen atoms in total. The summed E-state index contributed by atoms with van der Waals surface area (Å²) in [7, 11) is 1.43. The maximum Gasteiger partial charge on any atom is 0.309 e. The number of carbonyl (C=O) groups excluding carboxylic acids is 2. The third kappa shape index (κ3) is 4.15. The Balaban J connectivity index is 1.97. The maximum absolute atomic E-state index is 12.6. The molecule has 1 aromatic rings. The molecule has 0 unspecified atom stereocenters. The lowest BCUT2D eigenvalue weighted by molar-refractivity contribution is -0.919. The van der Waals surface area contributed by atoms with E-state index in [1.165, 1.54) is 17.6 Å². The fraction of sp³-hybridized carbons (Fsp3) is 0.579. The van der Waals surface area contributed by atoms with Crippen LogP contribution >= 0.6 is 0 Å². The second kappa shape index (κ2) is 7.79. The topological polar surface area (TPSA) is 59.8 Å². The number of anilines is 1. The van der Waals surface area contributed by atoms with E-state index < -0.39 is 0 Å². The molecule has 24 heavy (non-hydrogen) atoms. The van der Waals surface area contributed by atoms with E-state index in [4.69, 9.17) is 4.74 Å². The maximum atomic E-state index is 12.6. The Morgan fingerprint density at radius 2 is 1.71 bits per heavy atom. The molecule has 0 saturated carbocycles. The van der Waals surface area contributed by atoms with Crippen molar-refractivity contribution in [3.05, 3.63) is 28.8 Å². The standard InChI is InChI=1S/C19H28N2O3/c1-12-10-13(2)17(14(3)11-12)20-18(22)15(4)21-8-6-16(7-9-21)19(23)24-5/h10-11,15-16H,6-9H2,1-5H3,(H,20,22)/p+1/t15-/m1/s1. The van der Waals surface area contributed by atoms with Crippen LogP contribution in [0.4, 0.5) is 5.69 Å². The average molecular weight is 333 g/mol. The number of piperidine rings is 1. The van der Waals surface area contributed by atoms with Crippen LogP contribution in [0.15, 0.2) is 12.1 Å². The summed E-state index contributed by atoms with van der Waals surface area (Å²) >= 11 is 0. The van der Waals surface area contributed by atoms with Gasteiger partial charge in [-0.25, -0.2) is 0 Å². The van der Waals surface area contributed by atoms with Crippen molar-refractivity contribution in [3.8, 4) is 0 Å². The number of nitrogens with one attached hydrogen (secondary N) is 2. The van der Waals surface area contributed by atoms with E-state index in [0.717, 1.165) is 42.7 Å². The number of amides is 1. The predicted molar refractivity (Wildman–Crippen MR) is 94.2 cm³/mol. The van der Waals surface area contributed by atoms with Crippen LogP contribution in [-0.4, -0.2) is 38.1 Å². The number of likely N-dealkylation sites (tertiary alicyclic amines) is 1. The minimum Gasteiger partial charge on any atom is -0.469 e. The molecule has 0 radical (unpaired) electrons. The van der Waals surface area contributed by atoms with Gasteiger partial charge >= 0.3 is 5.97 Å². The third-order valence-electron chi connectivity index (χ3n) is 5.09. The minimum absolute atomic E-state index is 0.0180. The van der Waals surface area contributed by atoms with Crippen molar-refractivity contribution in [2.24, 2.45) is 5.92 Å². The van der Waals surface area contributed by atoms with E-state index in [1.807, 2.05) is 20.8 Å². The number of benzene rings is 1. The summed E-state index contributed by atoms with van der Waals surface area (Å²) in [5, 5.41) is 3.10. The van der Waals surface area contributed by atoms with Gasteiger partial charge in [0.05, 0.1) is 26.1 Å². The van der Waals surface area contributed by atoms with Crippen molar-refractivity contribution in [2.75, 3.05) is 25.5 Å². The number of quaternary nitrogens is 1. The molecule has 1 aliphatic heterocycles. The van der Waals surface area contributed by atoms with E-state index in [-0.39, 0.29) is 23.8 Å². The van der Waals surface area contributed by atoms with E-state index in [2.05, 4.69) is 24.4 Å². The molecule has 132 valence electrons. The highest BCUT2D eigenvalue weighted by atomic mass is 16.5. The van der Waals surface area contributed by atoms with Crippen LogP contribution in [0.5, 0.6) is 0 Å². The summed E-state index contributed by atoms with van der Waals surface area (Å²) in [6.07, 6.45) is 1.56. The summed E-state index contributed by atoms with van der Waals surface area (Å²) in [6, 6.07) is 4.04. The smallest absolute Gasteiger partial charge is 0.309 e. The molecule has 0 bridgehead atoms. The summed E-state index contributed by atoms with van der Waals surface area (Å²) in [5.41, 5.74) is 4.30. The van der Waals surface area contributed by atoms with Gasteiger partial charge in [-0.05, 0) is 38.8 Å². The number of esters is 1. The van der Waals surface area contributed by atoms with Crippen molar-refractivity contribution in [3.63, 3.8) is 0 Å². The number of ether oxygens (including phenoxy) is 1. The molecule has 1 saturated heterocycles. The van der Waals surface area contributed by atoms with Crippen LogP contribution in [0.25, 0.3) is 0 Å². The monoisotopic (exact) mass is 333 g/mol. The molecule has 5 heteroatoms. The van der Waals surface area contributed by atoms with Crippen LogP contribution < -0.4 is 10.2 Å².